The molecule has 1 rings (SSSR count). The van der Waals surface area contributed by atoms with Gasteiger partial charge in [0.25, 0.3) is 0 Å². The van der Waals surface area contributed by atoms with Crippen molar-refractivity contribution in [2.75, 3.05) is 0 Å². The maximum atomic E-state index is 12.6. The van der Waals surface area contributed by atoms with Gasteiger partial charge in [-0.05, 0) is 6.07 Å². The number of pyridine rings is 1. The summed E-state index contributed by atoms with van der Waals surface area (Å²) in [6, 6.07) is 0.722. The highest BCUT2D eigenvalue weighted by Crippen LogP contribution is 2.19. The van der Waals surface area contributed by atoms with E-state index in [1.54, 1.807) is 0 Å². The number of nitrogens with zero attached hydrogens (tertiary/aromatic N) is 1. The molecule has 0 atom stereocenters. The molecule has 0 saturated heterocycles. The number of carbonyl (C=O) groups is 1. The molecule has 0 amide bonds. The summed E-state index contributed by atoms with van der Waals surface area (Å²) in [6.45, 7) is 0. The maximum absolute atomic E-state index is 12.6. The molecule has 1 heterocycles. The molecule has 3 nitrogen and oxygen atoms in total. The maximum Gasteiger partial charge on any atom is 0.338 e. The second-order valence-corrected chi connectivity index (χ2v) is 2.62. The van der Waals surface area contributed by atoms with Crippen LogP contribution in [0, 0.1) is 5.82 Å². The van der Waals surface area contributed by atoms with Crippen molar-refractivity contribution in [2.24, 2.45) is 0 Å². The van der Waals surface area contributed by atoms with E-state index in [9.17, 15) is 9.18 Å². The monoisotopic (exact) mass is 245 g/mol. The van der Waals surface area contributed by atoms with Crippen molar-refractivity contribution < 1.29 is 14.3 Å². The van der Waals surface area contributed by atoms with Crippen LogP contribution in [0.25, 0.3) is 0 Å². The fourth-order valence-electron chi connectivity index (χ4n) is 0.596. The van der Waals surface area contributed by atoms with E-state index < -0.39 is 22.5 Å². The number of halogens is 4. The van der Waals surface area contributed by atoms with Gasteiger partial charge in [-0.2, -0.15) is 0 Å². The van der Waals surface area contributed by atoms with Crippen LogP contribution < -0.4 is 0 Å². The molecule has 13 heavy (non-hydrogen) atoms. The van der Waals surface area contributed by atoms with Gasteiger partial charge in [0.1, 0.15) is 5.15 Å². The van der Waals surface area contributed by atoms with Crippen molar-refractivity contribution in [1.29, 1.82) is 0 Å². The number of rotatable bonds is 1. The number of carboxylic acid groups (broad SMARTS) is 1. The van der Waals surface area contributed by atoms with Crippen LogP contribution in [-0.2, 0) is 0 Å². The molecule has 1 aromatic heterocycles. The average Bonchev–Trinajstić information content (AvgIpc) is 1.96. The Balaban J connectivity index is 0.00000144. The molecule has 72 valence electrons. The summed E-state index contributed by atoms with van der Waals surface area (Å²) in [6.07, 6.45) is 0. The Morgan fingerprint density at radius 2 is 2.00 bits per heavy atom. The molecule has 0 aliphatic carbocycles. The lowest BCUT2D eigenvalue weighted by Gasteiger charge is -1.98. The standard InChI is InChI=1S/C6H2Cl2FNO2.ClH/c7-4-2(6(11)12)1-3(9)5(8)10-4;/h1H,(H,11,12);1H. The minimum Gasteiger partial charge on any atom is -0.478 e. The van der Waals surface area contributed by atoms with Gasteiger partial charge in [-0.25, -0.2) is 14.2 Å². The van der Waals surface area contributed by atoms with Crippen LogP contribution in [0.4, 0.5) is 4.39 Å². The number of hydrogen-bond acceptors (Lipinski definition) is 2. The van der Waals surface area contributed by atoms with E-state index in [1.165, 1.54) is 0 Å². The molecule has 0 bridgehead atoms. The molecule has 0 saturated carbocycles. The zero-order valence-corrected chi connectivity index (χ0v) is 8.25. The van der Waals surface area contributed by atoms with Crippen molar-refractivity contribution in [2.45, 2.75) is 0 Å². The lowest BCUT2D eigenvalue weighted by Crippen LogP contribution is -2.00. The van der Waals surface area contributed by atoms with Crippen LogP contribution in [0.2, 0.25) is 10.3 Å². The summed E-state index contributed by atoms with van der Waals surface area (Å²) in [5, 5.41) is 7.68. The van der Waals surface area contributed by atoms with Crippen LogP contribution in [-0.4, -0.2) is 16.1 Å². The highest BCUT2D eigenvalue weighted by molar-refractivity contribution is 6.34. The molecule has 0 aromatic carbocycles. The lowest BCUT2D eigenvalue weighted by molar-refractivity contribution is 0.0696. The average molecular weight is 246 g/mol. The predicted molar refractivity (Wildman–Crippen MR) is 48.4 cm³/mol. The quantitative estimate of drug-likeness (QED) is 0.775. The van der Waals surface area contributed by atoms with E-state index in [2.05, 4.69) is 4.98 Å². The molecule has 0 aliphatic heterocycles. The van der Waals surface area contributed by atoms with Crippen molar-refractivity contribution in [3.05, 3.63) is 27.8 Å². The third-order valence-electron chi connectivity index (χ3n) is 1.12. The fourth-order valence-corrected chi connectivity index (χ4v) is 0.998. The SMILES string of the molecule is Cl.O=C(O)c1cc(F)c(Cl)nc1Cl. The zero-order valence-electron chi connectivity index (χ0n) is 5.92. The van der Waals surface area contributed by atoms with E-state index in [1.807, 2.05) is 0 Å². The summed E-state index contributed by atoms with van der Waals surface area (Å²) in [5.74, 6) is -2.25. The van der Waals surface area contributed by atoms with Gasteiger partial charge in [0.05, 0.1) is 5.56 Å². The van der Waals surface area contributed by atoms with Gasteiger partial charge < -0.3 is 5.11 Å². The molecule has 1 aromatic rings. The molecule has 7 heteroatoms. The Kier molecular flexibility index (Phi) is 4.39. The Morgan fingerprint density at radius 3 is 2.46 bits per heavy atom. The summed E-state index contributed by atoms with van der Waals surface area (Å²) in [4.78, 5) is 13.6. The minimum absolute atomic E-state index is 0. The summed E-state index contributed by atoms with van der Waals surface area (Å²) < 4.78 is 12.6. The minimum atomic E-state index is -1.34. The van der Waals surface area contributed by atoms with E-state index >= 15 is 0 Å². The fraction of sp³-hybridized carbons (Fsp3) is 0. The smallest absolute Gasteiger partial charge is 0.338 e. The molecular formula is C6H3Cl3FNO2. The Hall–Kier alpha value is -0.580. The second-order valence-electron chi connectivity index (χ2n) is 1.90. The van der Waals surface area contributed by atoms with Crippen LogP contribution in [0.3, 0.4) is 0 Å². The van der Waals surface area contributed by atoms with E-state index in [0.29, 0.717) is 0 Å². The lowest BCUT2D eigenvalue weighted by atomic mass is 10.3. The third-order valence-corrected chi connectivity index (χ3v) is 1.67. The summed E-state index contributed by atoms with van der Waals surface area (Å²) >= 11 is 10.6. The van der Waals surface area contributed by atoms with Crippen LogP contribution in [0.1, 0.15) is 10.4 Å². The number of hydrogen-bond donors (Lipinski definition) is 1. The van der Waals surface area contributed by atoms with Gasteiger partial charge in [-0.3, -0.25) is 0 Å². The zero-order chi connectivity index (χ0) is 9.30. The summed E-state index contributed by atoms with van der Waals surface area (Å²) in [7, 11) is 0. The van der Waals surface area contributed by atoms with Gasteiger partial charge in [-0.1, -0.05) is 23.2 Å². The largest absolute Gasteiger partial charge is 0.478 e. The molecular weight excluding hydrogens is 243 g/mol. The van der Waals surface area contributed by atoms with Crippen LogP contribution in [0.5, 0.6) is 0 Å². The molecule has 0 fully saturated rings. The molecule has 1 N–H and O–H groups in total. The number of aromatic nitrogens is 1. The highest BCUT2D eigenvalue weighted by Gasteiger charge is 2.13. The third kappa shape index (κ3) is 2.69. The van der Waals surface area contributed by atoms with E-state index in [-0.39, 0.29) is 17.6 Å². The summed E-state index contributed by atoms with van der Waals surface area (Å²) in [5.41, 5.74) is -0.404. The molecule has 0 spiro atoms. The van der Waals surface area contributed by atoms with Gasteiger partial charge >= 0.3 is 5.97 Å². The molecule has 0 radical (unpaired) electrons. The van der Waals surface area contributed by atoms with Crippen molar-refractivity contribution >= 4 is 41.6 Å². The predicted octanol–water partition coefficient (Wildman–Crippen LogP) is 2.65. The van der Waals surface area contributed by atoms with Crippen molar-refractivity contribution in [1.82, 2.24) is 4.98 Å². The Labute approximate surface area is 88.9 Å². The van der Waals surface area contributed by atoms with E-state index in [0.717, 1.165) is 6.07 Å². The first kappa shape index (κ1) is 12.4. The van der Waals surface area contributed by atoms with Gasteiger partial charge in [0, 0.05) is 0 Å². The normalized spacial score (nSPS) is 9.15. The van der Waals surface area contributed by atoms with Crippen molar-refractivity contribution in [3.8, 4) is 0 Å². The van der Waals surface area contributed by atoms with E-state index in [4.69, 9.17) is 28.3 Å². The first-order valence-corrected chi connectivity index (χ1v) is 3.53. The molecule has 0 unspecified atom stereocenters. The highest BCUT2D eigenvalue weighted by atomic mass is 35.5. The van der Waals surface area contributed by atoms with Crippen LogP contribution in [0.15, 0.2) is 6.07 Å². The molecule has 0 aliphatic rings. The van der Waals surface area contributed by atoms with Gasteiger partial charge in [0.2, 0.25) is 0 Å². The van der Waals surface area contributed by atoms with Crippen molar-refractivity contribution in [3.63, 3.8) is 0 Å². The Morgan fingerprint density at radius 1 is 1.46 bits per heavy atom. The van der Waals surface area contributed by atoms with Gasteiger partial charge in [-0.15, -0.1) is 12.4 Å². The second kappa shape index (κ2) is 4.60. The number of aromatic carboxylic acids is 1. The topological polar surface area (TPSA) is 50.2 Å². The van der Waals surface area contributed by atoms with Crippen LogP contribution >= 0.6 is 35.6 Å². The van der Waals surface area contributed by atoms with Gasteiger partial charge in [0.15, 0.2) is 11.0 Å². The Bertz CT molecular complexity index is 345. The number of carboxylic acids is 1. The first-order chi connectivity index (χ1) is 5.52. The first-order valence-electron chi connectivity index (χ1n) is 2.77.